The van der Waals surface area contributed by atoms with Gasteiger partial charge in [-0.05, 0) is 44.1 Å². The lowest BCUT2D eigenvalue weighted by atomic mass is 9.98. The van der Waals surface area contributed by atoms with Crippen LogP contribution in [0.5, 0.6) is 0 Å². The van der Waals surface area contributed by atoms with Gasteiger partial charge in [0.2, 0.25) is 0 Å². The summed E-state index contributed by atoms with van der Waals surface area (Å²) < 4.78 is 0. The van der Waals surface area contributed by atoms with Crippen molar-refractivity contribution in [2.45, 2.75) is 39.2 Å². The molecule has 1 saturated heterocycles. The Kier molecular flexibility index (Phi) is 5.82. The van der Waals surface area contributed by atoms with Crippen molar-refractivity contribution in [3.63, 3.8) is 0 Å². The van der Waals surface area contributed by atoms with E-state index in [-0.39, 0.29) is 12.5 Å². The predicted octanol–water partition coefficient (Wildman–Crippen LogP) is 2.21. The normalized spacial score (nSPS) is 30.9. The standard InChI is InChI=1S/C17H29NO2/c1-3-14(8-7-13(2)20)17(12-19)11-18-9-15-5-4-6-16(15)10-18/h3,7-8,13,15-17,19-20H,4-6,9-12H2,1-2H3/b8-7-,14-3+. The van der Waals surface area contributed by atoms with E-state index in [4.69, 9.17) is 0 Å². The summed E-state index contributed by atoms with van der Waals surface area (Å²) in [6, 6.07) is 0. The zero-order valence-electron chi connectivity index (χ0n) is 12.8. The van der Waals surface area contributed by atoms with Crippen LogP contribution in [0.1, 0.15) is 33.1 Å². The molecule has 0 radical (unpaired) electrons. The van der Waals surface area contributed by atoms with E-state index in [1.54, 1.807) is 13.0 Å². The van der Waals surface area contributed by atoms with Crippen molar-refractivity contribution in [3.8, 4) is 0 Å². The van der Waals surface area contributed by atoms with Crippen LogP contribution >= 0.6 is 0 Å². The Morgan fingerprint density at radius 3 is 2.45 bits per heavy atom. The third-order valence-corrected chi connectivity index (χ3v) is 4.87. The second kappa shape index (κ2) is 7.39. The average Bonchev–Trinajstić information content (AvgIpc) is 2.98. The van der Waals surface area contributed by atoms with E-state index in [2.05, 4.69) is 11.0 Å². The van der Waals surface area contributed by atoms with Crippen LogP contribution in [-0.2, 0) is 0 Å². The van der Waals surface area contributed by atoms with Gasteiger partial charge in [-0.2, -0.15) is 0 Å². The van der Waals surface area contributed by atoms with Crippen LogP contribution in [0.2, 0.25) is 0 Å². The first-order chi connectivity index (χ1) is 9.63. The Morgan fingerprint density at radius 1 is 1.30 bits per heavy atom. The topological polar surface area (TPSA) is 43.7 Å². The molecule has 0 aromatic carbocycles. The van der Waals surface area contributed by atoms with Crippen LogP contribution in [0, 0.1) is 17.8 Å². The van der Waals surface area contributed by atoms with E-state index in [1.165, 1.54) is 32.4 Å². The Hall–Kier alpha value is -0.640. The van der Waals surface area contributed by atoms with Gasteiger partial charge < -0.3 is 15.1 Å². The molecule has 4 atom stereocenters. The molecule has 114 valence electrons. The maximum Gasteiger partial charge on any atom is 0.0695 e. The average molecular weight is 279 g/mol. The molecule has 0 bridgehead atoms. The molecular weight excluding hydrogens is 250 g/mol. The first kappa shape index (κ1) is 15.7. The molecule has 1 heterocycles. The number of hydrogen-bond donors (Lipinski definition) is 2. The number of allylic oxidation sites excluding steroid dienone is 2. The van der Waals surface area contributed by atoms with Crippen LogP contribution < -0.4 is 0 Å². The van der Waals surface area contributed by atoms with Gasteiger partial charge in [0.05, 0.1) is 12.7 Å². The van der Waals surface area contributed by atoms with Crippen molar-refractivity contribution < 1.29 is 10.2 Å². The number of rotatable bonds is 6. The summed E-state index contributed by atoms with van der Waals surface area (Å²) >= 11 is 0. The molecule has 4 unspecified atom stereocenters. The molecule has 2 aliphatic rings. The van der Waals surface area contributed by atoms with Gasteiger partial charge in [0.15, 0.2) is 0 Å². The summed E-state index contributed by atoms with van der Waals surface area (Å²) in [7, 11) is 0. The maximum atomic E-state index is 9.69. The molecule has 0 aromatic heterocycles. The summed E-state index contributed by atoms with van der Waals surface area (Å²) in [5.41, 5.74) is 1.13. The van der Waals surface area contributed by atoms with Gasteiger partial charge in [-0.25, -0.2) is 0 Å². The first-order valence-corrected chi connectivity index (χ1v) is 7.99. The van der Waals surface area contributed by atoms with Crippen molar-refractivity contribution in [1.29, 1.82) is 0 Å². The molecule has 0 spiro atoms. The fraction of sp³-hybridized carbons (Fsp3) is 0.765. The second-order valence-electron chi connectivity index (χ2n) is 6.44. The number of aliphatic hydroxyl groups excluding tert-OH is 2. The Bertz CT molecular complexity index is 350. The number of hydrogen-bond acceptors (Lipinski definition) is 3. The number of likely N-dealkylation sites (tertiary alicyclic amines) is 1. The molecule has 2 fully saturated rings. The highest BCUT2D eigenvalue weighted by Crippen LogP contribution is 2.38. The van der Waals surface area contributed by atoms with Crippen LogP contribution in [0.15, 0.2) is 23.8 Å². The highest BCUT2D eigenvalue weighted by Gasteiger charge is 2.36. The lowest BCUT2D eigenvalue weighted by molar-refractivity contribution is 0.195. The summed E-state index contributed by atoms with van der Waals surface area (Å²) in [5.74, 6) is 1.96. The number of aliphatic hydroxyl groups is 2. The largest absolute Gasteiger partial charge is 0.396 e. The minimum Gasteiger partial charge on any atom is -0.396 e. The van der Waals surface area contributed by atoms with Crippen LogP contribution in [-0.4, -0.2) is 47.5 Å². The lowest BCUT2D eigenvalue weighted by Gasteiger charge is -2.24. The van der Waals surface area contributed by atoms with E-state index < -0.39 is 6.10 Å². The molecule has 1 aliphatic heterocycles. The molecule has 1 aliphatic carbocycles. The van der Waals surface area contributed by atoms with Crippen molar-refractivity contribution in [3.05, 3.63) is 23.8 Å². The lowest BCUT2D eigenvalue weighted by Crippen LogP contribution is -2.30. The summed E-state index contributed by atoms with van der Waals surface area (Å²) in [6.07, 6.45) is 9.56. The fourth-order valence-corrected chi connectivity index (χ4v) is 3.78. The van der Waals surface area contributed by atoms with Gasteiger partial charge in [0.1, 0.15) is 0 Å². The van der Waals surface area contributed by atoms with Gasteiger partial charge in [-0.3, -0.25) is 0 Å². The Balaban J connectivity index is 1.91. The summed E-state index contributed by atoms with van der Waals surface area (Å²) in [6.45, 7) is 7.28. The second-order valence-corrected chi connectivity index (χ2v) is 6.44. The van der Waals surface area contributed by atoms with Gasteiger partial charge in [0.25, 0.3) is 0 Å². The van der Waals surface area contributed by atoms with Crippen LogP contribution in [0.4, 0.5) is 0 Å². The quantitative estimate of drug-likeness (QED) is 0.733. The molecule has 1 saturated carbocycles. The van der Waals surface area contributed by atoms with Gasteiger partial charge in [-0.1, -0.05) is 24.6 Å². The third kappa shape index (κ3) is 3.94. The maximum absolute atomic E-state index is 9.69. The molecule has 3 nitrogen and oxygen atoms in total. The van der Waals surface area contributed by atoms with Gasteiger partial charge >= 0.3 is 0 Å². The summed E-state index contributed by atoms with van der Waals surface area (Å²) in [4.78, 5) is 2.52. The van der Waals surface area contributed by atoms with E-state index in [0.717, 1.165) is 24.0 Å². The molecule has 0 aromatic rings. The van der Waals surface area contributed by atoms with E-state index in [0.29, 0.717) is 0 Å². The molecular formula is C17H29NO2. The monoisotopic (exact) mass is 279 g/mol. The molecule has 0 amide bonds. The van der Waals surface area contributed by atoms with Crippen LogP contribution in [0.3, 0.4) is 0 Å². The van der Waals surface area contributed by atoms with E-state index >= 15 is 0 Å². The number of fused-ring (bicyclic) bond motifs is 1. The SMILES string of the molecule is C/C=C(\C=C/C(C)O)C(CO)CN1CC2CCCC2C1. The van der Waals surface area contributed by atoms with Crippen LogP contribution in [0.25, 0.3) is 0 Å². The Labute approximate surface area is 123 Å². The van der Waals surface area contributed by atoms with Crippen molar-refractivity contribution in [1.82, 2.24) is 4.90 Å². The smallest absolute Gasteiger partial charge is 0.0695 e. The van der Waals surface area contributed by atoms with E-state index in [1.807, 2.05) is 13.0 Å². The minimum atomic E-state index is -0.435. The van der Waals surface area contributed by atoms with Gasteiger partial charge in [-0.15, -0.1) is 0 Å². The highest BCUT2D eigenvalue weighted by molar-refractivity contribution is 5.22. The summed E-state index contributed by atoms with van der Waals surface area (Å²) in [5, 5.41) is 19.0. The Morgan fingerprint density at radius 2 is 1.95 bits per heavy atom. The molecule has 20 heavy (non-hydrogen) atoms. The number of nitrogens with zero attached hydrogens (tertiary/aromatic N) is 1. The molecule has 3 heteroatoms. The van der Waals surface area contributed by atoms with Crippen molar-refractivity contribution in [2.75, 3.05) is 26.2 Å². The third-order valence-electron chi connectivity index (χ3n) is 4.87. The van der Waals surface area contributed by atoms with E-state index in [9.17, 15) is 10.2 Å². The molecule has 2 N–H and O–H groups in total. The van der Waals surface area contributed by atoms with Crippen molar-refractivity contribution in [2.24, 2.45) is 17.8 Å². The fourth-order valence-electron chi connectivity index (χ4n) is 3.78. The highest BCUT2D eigenvalue weighted by atomic mass is 16.3. The first-order valence-electron chi connectivity index (χ1n) is 7.99. The predicted molar refractivity (Wildman–Crippen MR) is 82.4 cm³/mol. The zero-order valence-corrected chi connectivity index (χ0v) is 12.8. The molecule has 2 rings (SSSR count). The van der Waals surface area contributed by atoms with Crippen molar-refractivity contribution >= 4 is 0 Å². The minimum absolute atomic E-state index is 0.161. The van der Waals surface area contributed by atoms with Gasteiger partial charge in [0, 0.05) is 25.6 Å². The zero-order chi connectivity index (χ0) is 14.5.